The second-order valence-corrected chi connectivity index (χ2v) is 8.20. The lowest BCUT2D eigenvalue weighted by atomic mass is 10.1. The van der Waals surface area contributed by atoms with Gasteiger partial charge in [-0.25, -0.2) is 0 Å². The van der Waals surface area contributed by atoms with Crippen molar-refractivity contribution in [3.8, 4) is 0 Å². The van der Waals surface area contributed by atoms with E-state index in [1.165, 1.54) is 0 Å². The van der Waals surface area contributed by atoms with Crippen LogP contribution in [0.5, 0.6) is 0 Å². The second kappa shape index (κ2) is 7.77. The van der Waals surface area contributed by atoms with Crippen molar-refractivity contribution in [3.63, 3.8) is 0 Å². The molecule has 2 aromatic heterocycles. The molecule has 1 saturated heterocycles. The summed E-state index contributed by atoms with van der Waals surface area (Å²) in [7, 11) is 0. The normalized spacial score (nSPS) is 17.8. The van der Waals surface area contributed by atoms with Crippen LogP contribution < -0.4 is 0 Å². The highest BCUT2D eigenvalue weighted by Gasteiger charge is 2.29. The van der Waals surface area contributed by atoms with E-state index in [1.54, 1.807) is 15.9 Å². The Morgan fingerprint density at radius 3 is 2.43 bits per heavy atom. The van der Waals surface area contributed by atoms with E-state index in [9.17, 15) is 9.59 Å². The van der Waals surface area contributed by atoms with Crippen LogP contribution in [0.3, 0.4) is 0 Å². The van der Waals surface area contributed by atoms with Crippen molar-refractivity contribution in [2.24, 2.45) is 5.92 Å². The number of nitrogens with zero attached hydrogens (tertiary/aromatic N) is 4. The summed E-state index contributed by atoms with van der Waals surface area (Å²) in [6, 6.07) is 3.61. The number of carbonyl (C=O) groups excluding carboxylic acids is 2. The van der Waals surface area contributed by atoms with Crippen LogP contribution in [0.4, 0.5) is 0 Å². The maximum Gasteiger partial charge on any atom is 0.276 e. The van der Waals surface area contributed by atoms with Crippen LogP contribution in [0.1, 0.15) is 71.5 Å². The number of carbonyl (C=O) groups is 2. The Bertz CT molecular complexity index is 852. The average Bonchev–Trinajstić information content (AvgIpc) is 3.31. The lowest BCUT2D eigenvalue weighted by Gasteiger charge is -2.20. The highest BCUT2D eigenvalue weighted by Crippen LogP contribution is 2.39. The maximum atomic E-state index is 12.8. The summed E-state index contributed by atoms with van der Waals surface area (Å²) in [6.07, 6.45) is 3.82. The Labute approximate surface area is 164 Å². The molecule has 1 aliphatic carbocycles. The van der Waals surface area contributed by atoms with Crippen LogP contribution in [0.15, 0.2) is 16.7 Å². The van der Waals surface area contributed by atoms with E-state index in [4.69, 9.17) is 4.52 Å². The zero-order valence-electron chi connectivity index (χ0n) is 16.5. The molecule has 150 valence electrons. The first kappa shape index (κ1) is 18.7. The molecular weight excluding hydrogens is 358 g/mol. The molecule has 28 heavy (non-hydrogen) atoms. The minimum absolute atomic E-state index is 0.0712. The molecule has 4 rings (SSSR count). The van der Waals surface area contributed by atoms with Crippen molar-refractivity contribution in [2.45, 2.75) is 45.4 Å². The van der Waals surface area contributed by atoms with Gasteiger partial charge in [0.25, 0.3) is 11.8 Å². The van der Waals surface area contributed by atoms with Gasteiger partial charge in [0.2, 0.25) is 0 Å². The molecule has 0 atom stereocenters. The van der Waals surface area contributed by atoms with E-state index < -0.39 is 0 Å². The largest absolute Gasteiger partial charge is 0.361 e. The maximum absolute atomic E-state index is 12.8. The van der Waals surface area contributed by atoms with E-state index in [0.29, 0.717) is 49.4 Å². The Morgan fingerprint density at radius 1 is 1.11 bits per heavy atom. The molecule has 1 N–H and O–H groups in total. The first-order valence-corrected chi connectivity index (χ1v) is 10.1. The average molecular weight is 385 g/mol. The van der Waals surface area contributed by atoms with Gasteiger partial charge >= 0.3 is 0 Å². The summed E-state index contributed by atoms with van der Waals surface area (Å²) < 4.78 is 5.29. The van der Waals surface area contributed by atoms with Crippen LogP contribution in [0.25, 0.3) is 0 Å². The fraction of sp³-hybridized carbons (Fsp3) is 0.600. The minimum atomic E-state index is -0.135. The minimum Gasteiger partial charge on any atom is -0.361 e. The van der Waals surface area contributed by atoms with E-state index in [2.05, 4.69) is 29.2 Å². The molecule has 2 amide bonds. The number of hydrogen-bond donors (Lipinski definition) is 1. The lowest BCUT2D eigenvalue weighted by Crippen LogP contribution is -2.37. The van der Waals surface area contributed by atoms with Crippen molar-refractivity contribution in [3.05, 3.63) is 35.0 Å². The summed E-state index contributed by atoms with van der Waals surface area (Å²) in [4.78, 5) is 29.1. The summed E-state index contributed by atoms with van der Waals surface area (Å²) >= 11 is 0. The van der Waals surface area contributed by atoms with Gasteiger partial charge in [-0.2, -0.15) is 5.10 Å². The first-order valence-electron chi connectivity index (χ1n) is 10.1. The van der Waals surface area contributed by atoms with Crippen molar-refractivity contribution in [2.75, 3.05) is 26.2 Å². The van der Waals surface area contributed by atoms with E-state index in [0.717, 1.165) is 37.1 Å². The Morgan fingerprint density at radius 2 is 1.79 bits per heavy atom. The highest BCUT2D eigenvalue weighted by atomic mass is 16.5. The summed E-state index contributed by atoms with van der Waals surface area (Å²) in [5.41, 5.74) is 1.87. The van der Waals surface area contributed by atoms with Gasteiger partial charge in [0.1, 0.15) is 11.5 Å². The van der Waals surface area contributed by atoms with Crippen molar-refractivity contribution in [1.29, 1.82) is 0 Å². The van der Waals surface area contributed by atoms with Crippen LogP contribution >= 0.6 is 0 Å². The topological polar surface area (TPSA) is 95.3 Å². The Hall–Kier alpha value is -2.64. The number of rotatable bonds is 5. The molecule has 8 nitrogen and oxygen atoms in total. The van der Waals surface area contributed by atoms with E-state index >= 15 is 0 Å². The number of hydrogen-bond acceptors (Lipinski definition) is 5. The van der Waals surface area contributed by atoms with Gasteiger partial charge in [-0.1, -0.05) is 19.0 Å². The van der Waals surface area contributed by atoms with Crippen molar-refractivity contribution < 1.29 is 14.1 Å². The fourth-order valence-electron chi connectivity index (χ4n) is 3.61. The molecule has 0 aromatic carbocycles. The zero-order chi connectivity index (χ0) is 19.7. The van der Waals surface area contributed by atoms with Gasteiger partial charge in [0.05, 0.1) is 0 Å². The van der Waals surface area contributed by atoms with Gasteiger partial charge in [0.15, 0.2) is 5.69 Å². The van der Waals surface area contributed by atoms with Crippen LogP contribution in [0.2, 0.25) is 0 Å². The molecule has 1 aliphatic heterocycles. The number of amides is 2. The summed E-state index contributed by atoms with van der Waals surface area (Å²) in [5.74, 6) is 1.50. The molecule has 8 heteroatoms. The molecular formula is C20H27N5O3. The monoisotopic (exact) mass is 385 g/mol. The summed E-state index contributed by atoms with van der Waals surface area (Å²) in [5, 5.41) is 11.1. The molecule has 2 fully saturated rings. The smallest absolute Gasteiger partial charge is 0.276 e. The van der Waals surface area contributed by atoms with Gasteiger partial charge in [-0.05, 0) is 31.2 Å². The predicted molar refractivity (Wildman–Crippen MR) is 102 cm³/mol. The molecule has 2 aliphatic rings. The number of H-pyrrole nitrogens is 1. The van der Waals surface area contributed by atoms with Crippen molar-refractivity contribution in [1.82, 2.24) is 25.2 Å². The standard InChI is InChI=1S/C20H27N5O3/c1-13(2)10-15-11-18(23-28-15)20(27)25-7-3-6-24(8-9-25)19(26)17-12-16(21-22-17)14-4-5-14/h11-14H,3-10H2,1-2H3,(H,21,22). The van der Waals surface area contributed by atoms with Crippen molar-refractivity contribution >= 4 is 11.8 Å². The molecule has 3 heterocycles. The third-order valence-electron chi connectivity index (χ3n) is 5.29. The van der Waals surface area contributed by atoms with Gasteiger partial charge in [-0.15, -0.1) is 0 Å². The van der Waals surface area contributed by atoms with Gasteiger partial charge < -0.3 is 14.3 Å². The van der Waals surface area contributed by atoms with Crippen LogP contribution in [-0.2, 0) is 6.42 Å². The fourth-order valence-corrected chi connectivity index (χ4v) is 3.61. The second-order valence-electron chi connectivity index (χ2n) is 8.20. The van der Waals surface area contributed by atoms with Crippen LogP contribution in [-0.4, -0.2) is 63.1 Å². The molecule has 0 spiro atoms. The molecule has 0 radical (unpaired) electrons. The molecule has 0 unspecified atom stereocenters. The molecule has 1 saturated carbocycles. The summed E-state index contributed by atoms with van der Waals surface area (Å²) in [6.45, 7) is 6.38. The molecule has 2 aromatic rings. The van der Waals surface area contributed by atoms with Gasteiger partial charge in [-0.3, -0.25) is 14.7 Å². The number of aromatic amines is 1. The third-order valence-corrected chi connectivity index (χ3v) is 5.29. The third kappa shape index (κ3) is 4.10. The zero-order valence-corrected chi connectivity index (χ0v) is 16.5. The Kier molecular flexibility index (Phi) is 5.19. The molecule has 0 bridgehead atoms. The van der Waals surface area contributed by atoms with E-state index in [1.807, 2.05) is 6.07 Å². The number of aromatic nitrogens is 3. The van der Waals surface area contributed by atoms with E-state index in [-0.39, 0.29) is 11.8 Å². The first-order chi connectivity index (χ1) is 13.5. The van der Waals surface area contributed by atoms with Gasteiger partial charge in [0, 0.05) is 50.3 Å². The SMILES string of the molecule is CC(C)Cc1cc(C(=O)N2CCCN(C(=O)c3cc(C4CC4)[nH]n3)CC2)no1. The highest BCUT2D eigenvalue weighted by molar-refractivity contribution is 5.93. The number of nitrogens with one attached hydrogen (secondary N) is 1. The lowest BCUT2D eigenvalue weighted by molar-refractivity contribution is 0.0710. The predicted octanol–water partition coefficient (Wildman–Crippen LogP) is 2.46. The Balaban J connectivity index is 1.36. The van der Waals surface area contributed by atoms with Crippen LogP contribution in [0, 0.1) is 5.92 Å². The quantitative estimate of drug-likeness (QED) is 0.853.